The summed E-state index contributed by atoms with van der Waals surface area (Å²) in [6.45, 7) is 9.49. The van der Waals surface area contributed by atoms with Gasteiger partial charge in [-0.05, 0) is 42.9 Å². The molecule has 0 unspecified atom stereocenters. The molecule has 1 saturated carbocycles. The molecule has 1 aliphatic carbocycles. The molecule has 0 aromatic rings. The van der Waals surface area contributed by atoms with E-state index in [4.69, 9.17) is 0 Å². The summed E-state index contributed by atoms with van der Waals surface area (Å²) < 4.78 is 0. The van der Waals surface area contributed by atoms with Gasteiger partial charge in [0.15, 0.2) is 0 Å². The maximum atomic E-state index is 2.38. The highest BCUT2D eigenvalue weighted by molar-refractivity contribution is 4.85. The van der Waals surface area contributed by atoms with Crippen LogP contribution in [0.1, 0.15) is 72.6 Å². The quantitative estimate of drug-likeness (QED) is 0.578. The van der Waals surface area contributed by atoms with Gasteiger partial charge in [-0.2, -0.15) is 0 Å². The monoisotopic (exact) mass is 196 g/mol. The molecule has 1 aliphatic rings. The maximum absolute atomic E-state index is 2.38. The molecule has 0 aliphatic heterocycles. The Kier molecular flexibility index (Phi) is 4.47. The van der Waals surface area contributed by atoms with Crippen LogP contribution in [0.3, 0.4) is 0 Å². The van der Waals surface area contributed by atoms with Crippen LogP contribution in [0.25, 0.3) is 0 Å². The second-order valence-electron chi connectivity index (χ2n) is 6.24. The SMILES string of the molecule is CC(C)CCC1(CC(C)C)CCCC1. The van der Waals surface area contributed by atoms with E-state index in [1.54, 1.807) is 0 Å². The van der Waals surface area contributed by atoms with Crippen LogP contribution in [0.15, 0.2) is 0 Å². The van der Waals surface area contributed by atoms with Crippen molar-refractivity contribution >= 4 is 0 Å². The van der Waals surface area contributed by atoms with Gasteiger partial charge in [0.05, 0.1) is 0 Å². The van der Waals surface area contributed by atoms with Crippen molar-refractivity contribution < 1.29 is 0 Å². The summed E-state index contributed by atoms with van der Waals surface area (Å²) in [7, 11) is 0. The Bertz CT molecular complexity index is 149. The average Bonchev–Trinajstić information content (AvgIpc) is 2.49. The molecule has 0 heteroatoms. The predicted molar refractivity (Wildman–Crippen MR) is 64.4 cm³/mol. The zero-order valence-electron chi connectivity index (χ0n) is 10.6. The lowest BCUT2D eigenvalue weighted by Crippen LogP contribution is -2.19. The normalized spacial score (nSPS) is 21.0. The van der Waals surface area contributed by atoms with E-state index < -0.39 is 0 Å². The fourth-order valence-electron chi connectivity index (χ4n) is 3.14. The van der Waals surface area contributed by atoms with Crippen molar-refractivity contribution in [2.45, 2.75) is 72.6 Å². The van der Waals surface area contributed by atoms with E-state index in [1.807, 2.05) is 0 Å². The van der Waals surface area contributed by atoms with E-state index in [2.05, 4.69) is 27.7 Å². The van der Waals surface area contributed by atoms with Crippen molar-refractivity contribution in [2.75, 3.05) is 0 Å². The summed E-state index contributed by atoms with van der Waals surface area (Å²) in [5, 5.41) is 0. The van der Waals surface area contributed by atoms with Crippen molar-refractivity contribution in [1.82, 2.24) is 0 Å². The van der Waals surface area contributed by atoms with Crippen molar-refractivity contribution in [1.29, 1.82) is 0 Å². The van der Waals surface area contributed by atoms with Gasteiger partial charge in [0, 0.05) is 0 Å². The van der Waals surface area contributed by atoms with Gasteiger partial charge in [-0.3, -0.25) is 0 Å². The lowest BCUT2D eigenvalue weighted by atomic mass is 9.74. The first-order valence-corrected chi connectivity index (χ1v) is 6.54. The highest BCUT2D eigenvalue weighted by Crippen LogP contribution is 2.47. The third-order valence-corrected chi connectivity index (χ3v) is 3.76. The molecule has 0 aromatic carbocycles. The van der Waals surface area contributed by atoms with Crippen LogP contribution in [0.2, 0.25) is 0 Å². The Labute approximate surface area is 90.5 Å². The first-order chi connectivity index (χ1) is 6.54. The smallest absolute Gasteiger partial charge is 0.0295 e. The fraction of sp³-hybridized carbons (Fsp3) is 1.00. The molecule has 0 nitrogen and oxygen atoms in total. The summed E-state index contributed by atoms with van der Waals surface area (Å²) in [5.74, 6) is 1.78. The number of hydrogen-bond donors (Lipinski definition) is 0. The Balaban J connectivity index is 2.44. The van der Waals surface area contributed by atoms with Crippen LogP contribution >= 0.6 is 0 Å². The summed E-state index contributed by atoms with van der Waals surface area (Å²) in [5.41, 5.74) is 0.748. The fourth-order valence-corrected chi connectivity index (χ4v) is 3.14. The molecule has 0 N–H and O–H groups in total. The highest BCUT2D eigenvalue weighted by Gasteiger charge is 2.33. The van der Waals surface area contributed by atoms with Gasteiger partial charge in [-0.15, -0.1) is 0 Å². The van der Waals surface area contributed by atoms with Crippen molar-refractivity contribution in [2.24, 2.45) is 17.3 Å². The Morgan fingerprint density at radius 2 is 1.50 bits per heavy atom. The van der Waals surface area contributed by atoms with Gasteiger partial charge >= 0.3 is 0 Å². The molecule has 1 rings (SSSR count). The third kappa shape index (κ3) is 3.63. The van der Waals surface area contributed by atoms with Gasteiger partial charge in [-0.25, -0.2) is 0 Å². The maximum Gasteiger partial charge on any atom is -0.0295 e. The van der Waals surface area contributed by atoms with Gasteiger partial charge in [-0.1, -0.05) is 47.0 Å². The zero-order chi connectivity index (χ0) is 10.6. The summed E-state index contributed by atoms with van der Waals surface area (Å²) in [6.07, 6.45) is 10.4. The first kappa shape index (κ1) is 12.1. The van der Waals surface area contributed by atoms with E-state index in [9.17, 15) is 0 Å². The van der Waals surface area contributed by atoms with E-state index in [0.717, 1.165) is 17.3 Å². The third-order valence-electron chi connectivity index (χ3n) is 3.76. The lowest BCUT2D eigenvalue weighted by Gasteiger charge is -2.31. The minimum absolute atomic E-state index is 0.748. The van der Waals surface area contributed by atoms with E-state index in [0.29, 0.717) is 0 Å². The van der Waals surface area contributed by atoms with Crippen LogP contribution in [0, 0.1) is 17.3 Å². The topological polar surface area (TPSA) is 0 Å². The van der Waals surface area contributed by atoms with E-state index in [-0.39, 0.29) is 0 Å². The average molecular weight is 196 g/mol. The van der Waals surface area contributed by atoms with Gasteiger partial charge in [0.1, 0.15) is 0 Å². The largest absolute Gasteiger partial charge is 0.0628 e. The molecule has 0 saturated heterocycles. The molecular formula is C14H28. The van der Waals surface area contributed by atoms with Crippen LogP contribution < -0.4 is 0 Å². The molecule has 84 valence electrons. The van der Waals surface area contributed by atoms with Gasteiger partial charge in [0.25, 0.3) is 0 Å². The molecule has 0 aromatic heterocycles. The van der Waals surface area contributed by atoms with Crippen molar-refractivity contribution in [3.8, 4) is 0 Å². The van der Waals surface area contributed by atoms with Crippen LogP contribution in [0.4, 0.5) is 0 Å². The number of hydrogen-bond acceptors (Lipinski definition) is 0. The minimum atomic E-state index is 0.748. The molecule has 0 spiro atoms. The van der Waals surface area contributed by atoms with Crippen molar-refractivity contribution in [3.05, 3.63) is 0 Å². The summed E-state index contributed by atoms with van der Waals surface area (Å²) >= 11 is 0. The lowest BCUT2D eigenvalue weighted by molar-refractivity contribution is 0.200. The predicted octanol–water partition coefficient (Wildman–Crippen LogP) is 5.03. The van der Waals surface area contributed by atoms with Crippen LogP contribution in [-0.4, -0.2) is 0 Å². The van der Waals surface area contributed by atoms with E-state index in [1.165, 1.54) is 44.9 Å². The molecule has 0 amide bonds. The molecular weight excluding hydrogens is 168 g/mol. The van der Waals surface area contributed by atoms with Crippen molar-refractivity contribution in [3.63, 3.8) is 0 Å². The molecule has 0 heterocycles. The van der Waals surface area contributed by atoms with E-state index >= 15 is 0 Å². The summed E-state index contributed by atoms with van der Waals surface area (Å²) in [6, 6.07) is 0. The zero-order valence-corrected chi connectivity index (χ0v) is 10.6. The second-order valence-corrected chi connectivity index (χ2v) is 6.24. The molecule has 14 heavy (non-hydrogen) atoms. The summed E-state index contributed by atoms with van der Waals surface area (Å²) in [4.78, 5) is 0. The molecule has 0 atom stereocenters. The van der Waals surface area contributed by atoms with Crippen LogP contribution in [0.5, 0.6) is 0 Å². The molecule has 1 fully saturated rings. The Morgan fingerprint density at radius 3 is 1.93 bits per heavy atom. The Hall–Kier alpha value is 0. The first-order valence-electron chi connectivity index (χ1n) is 6.54. The van der Waals surface area contributed by atoms with Gasteiger partial charge < -0.3 is 0 Å². The second kappa shape index (κ2) is 5.19. The van der Waals surface area contributed by atoms with Crippen LogP contribution in [-0.2, 0) is 0 Å². The standard InChI is InChI=1S/C14H28/c1-12(2)7-10-14(11-13(3)4)8-5-6-9-14/h12-13H,5-11H2,1-4H3. The van der Waals surface area contributed by atoms with Gasteiger partial charge in [0.2, 0.25) is 0 Å². The Morgan fingerprint density at radius 1 is 0.929 bits per heavy atom. The minimum Gasteiger partial charge on any atom is -0.0628 e. The molecule has 0 bridgehead atoms. The number of rotatable bonds is 5. The highest BCUT2D eigenvalue weighted by atomic mass is 14.4. The molecule has 0 radical (unpaired) electrons.